The molecule has 1 saturated carbocycles. The van der Waals surface area contributed by atoms with Gasteiger partial charge in [-0.15, -0.1) is 11.3 Å². The zero-order chi connectivity index (χ0) is 13.9. The van der Waals surface area contributed by atoms with E-state index in [4.69, 9.17) is 0 Å². The number of carbonyl (C=O) groups excluding carboxylic acids is 1. The van der Waals surface area contributed by atoms with Gasteiger partial charge in [0.25, 0.3) is 0 Å². The van der Waals surface area contributed by atoms with E-state index in [0.717, 1.165) is 37.4 Å². The lowest BCUT2D eigenvalue weighted by molar-refractivity contribution is -0.127. The van der Waals surface area contributed by atoms with Gasteiger partial charge < -0.3 is 0 Å². The molecule has 1 aromatic heterocycles. The minimum atomic E-state index is 0.304. The molecule has 2 atom stereocenters. The van der Waals surface area contributed by atoms with Crippen LogP contribution in [0.3, 0.4) is 0 Å². The van der Waals surface area contributed by atoms with Crippen molar-refractivity contribution in [2.45, 2.75) is 64.5 Å². The number of carbonyl (C=O) groups is 1. The SMILES string of the molecule is Cc1ncc(CN2CCCCC2C2CCCCC2=O)s1. The van der Waals surface area contributed by atoms with Crippen LogP contribution in [0.5, 0.6) is 0 Å². The van der Waals surface area contributed by atoms with E-state index in [1.165, 1.54) is 30.6 Å². The molecule has 0 spiro atoms. The zero-order valence-corrected chi connectivity index (χ0v) is 13.1. The normalized spacial score (nSPS) is 28.8. The Morgan fingerprint density at radius 1 is 1.30 bits per heavy atom. The summed E-state index contributed by atoms with van der Waals surface area (Å²) in [5.74, 6) is 0.826. The van der Waals surface area contributed by atoms with Crippen LogP contribution in [-0.4, -0.2) is 28.3 Å². The van der Waals surface area contributed by atoms with Gasteiger partial charge in [-0.1, -0.05) is 12.8 Å². The van der Waals surface area contributed by atoms with Crippen molar-refractivity contribution in [2.24, 2.45) is 5.92 Å². The van der Waals surface area contributed by atoms with Crippen molar-refractivity contribution in [3.63, 3.8) is 0 Å². The van der Waals surface area contributed by atoms with E-state index in [9.17, 15) is 4.79 Å². The molecule has 1 aliphatic carbocycles. The molecule has 2 heterocycles. The van der Waals surface area contributed by atoms with Crippen LogP contribution >= 0.6 is 11.3 Å². The standard InChI is InChI=1S/C16H24N2OS/c1-12-17-10-13(20-12)11-18-9-5-4-7-15(18)14-6-2-3-8-16(14)19/h10,14-15H,2-9,11H2,1H3. The van der Waals surface area contributed by atoms with Gasteiger partial charge in [-0.25, -0.2) is 4.98 Å². The van der Waals surface area contributed by atoms with E-state index < -0.39 is 0 Å². The van der Waals surface area contributed by atoms with Crippen LogP contribution in [0.1, 0.15) is 54.8 Å². The number of hydrogen-bond acceptors (Lipinski definition) is 4. The Hall–Kier alpha value is -0.740. The van der Waals surface area contributed by atoms with Crippen LogP contribution in [0.15, 0.2) is 6.20 Å². The summed E-state index contributed by atoms with van der Waals surface area (Å²) in [5.41, 5.74) is 0. The number of Topliss-reactive ketones (excluding diaryl/α,β-unsaturated/α-hetero) is 1. The molecule has 0 amide bonds. The number of thiazole rings is 1. The highest BCUT2D eigenvalue weighted by molar-refractivity contribution is 7.11. The molecular formula is C16H24N2OS. The Morgan fingerprint density at radius 2 is 2.15 bits per heavy atom. The summed E-state index contributed by atoms with van der Waals surface area (Å²) in [6.07, 6.45) is 10.0. The van der Waals surface area contributed by atoms with Gasteiger partial charge in [0.15, 0.2) is 0 Å². The first-order valence-electron chi connectivity index (χ1n) is 7.92. The molecule has 1 aromatic rings. The molecule has 1 aliphatic heterocycles. The number of aromatic nitrogens is 1. The summed E-state index contributed by atoms with van der Waals surface area (Å²) in [6, 6.07) is 0.485. The number of piperidine rings is 1. The largest absolute Gasteiger partial charge is 0.299 e. The first kappa shape index (κ1) is 14.2. The van der Waals surface area contributed by atoms with Gasteiger partial charge in [-0.05, 0) is 39.2 Å². The molecule has 3 nitrogen and oxygen atoms in total. The summed E-state index contributed by atoms with van der Waals surface area (Å²) >= 11 is 1.79. The van der Waals surface area contributed by atoms with Crippen LogP contribution in [0.25, 0.3) is 0 Å². The number of ketones is 1. The average Bonchev–Trinajstić information content (AvgIpc) is 2.86. The molecule has 1 saturated heterocycles. The van der Waals surface area contributed by atoms with Crippen molar-refractivity contribution in [2.75, 3.05) is 6.54 Å². The highest BCUT2D eigenvalue weighted by Crippen LogP contribution is 2.33. The third-order valence-corrected chi connectivity index (χ3v) is 5.66. The zero-order valence-electron chi connectivity index (χ0n) is 12.3. The van der Waals surface area contributed by atoms with Gasteiger partial charge in [0, 0.05) is 36.0 Å². The number of rotatable bonds is 3. The van der Waals surface area contributed by atoms with Crippen molar-refractivity contribution in [1.29, 1.82) is 0 Å². The Bertz CT molecular complexity index is 471. The van der Waals surface area contributed by atoms with Crippen LogP contribution in [0, 0.1) is 12.8 Å². The number of likely N-dealkylation sites (tertiary alicyclic amines) is 1. The highest BCUT2D eigenvalue weighted by atomic mass is 32.1. The summed E-state index contributed by atoms with van der Waals surface area (Å²) in [5, 5.41) is 1.14. The van der Waals surface area contributed by atoms with Crippen molar-refractivity contribution >= 4 is 17.1 Å². The fraction of sp³-hybridized carbons (Fsp3) is 0.750. The summed E-state index contributed by atoms with van der Waals surface area (Å²) in [4.78, 5) is 20.5. The van der Waals surface area contributed by atoms with E-state index in [2.05, 4.69) is 16.8 Å². The van der Waals surface area contributed by atoms with Gasteiger partial charge in [-0.3, -0.25) is 9.69 Å². The Morgan fingerprint density at radius 3 is 2.90 bits per heavy atom. The number of nitrogens with zero attached hydrogens (tertiary/aromatic N) is 2. The smallest absolute Gasteiger partial charge is 0.137 e. The molecular weight excluding hydrogens is 268 g/mol. The monoisotopic (exact) mass is 292 g/mol. The minimum Gasteiger partial charge on any atom is -0.299 e. The fourth-order valence-corrected chi connectivity index (χ4v) is 4.58. The lowest BCUT2D eigenvalue weighted by Crippen LogP contribution is -2.46. The van der Waals surface area contributed by atoms with Gasteiger partial charge in [0.1, 0.15) is 5.78 Å². The molecule has 0 bridgehead atoms. The minimum absolute atomic E-state index is 0.304. The molecule has 3 rings (SSSR count). The molecule has 0 N–H and O–H groups in total. The van der Waals surface area contributed by atoms with Crippen molar-refractivity contribution in [3.8, 4) is 0 Å². The van der Waals surface area contributed by atoms with E-state index >= 15 is 0 Å². The maximum absolute atomic E-state index is 12.3. The third kappa shape index (κ3) is 3.12. The Labute approximate surface area is 125 Å². The first-order valence-corrected chi connectivity index (χ1v) is 8.74. The van der Waals surface area contributed by atoms with Crippen LogP contribution in [-0.2, 0) is 11.3 Å². The van der Waals surface area contributed by atoms with Gasteiger partial charge in [-0.2, -0.15) is 0 Å². The predicted molar refractivity (Wildman–Crippen MR) is 81.9 cm³/mol. The van der Waals surface area contributed by atoms with E-state index in [1.54, 1.807) is 11.3 Å². The molecule has 20 heavy (non-hydrogen) atoms. The Kier molecular flexibility index (Phi) is 4.51. The topological polar surface area (TPSA) is 33.2 Å². The molecule has 110 valence electrons. The third-order valence-electron chi connectivity index (χ3n) is 4.76. The van der Waals surface area contributed by atoms with Crippen LogP contribution < -0.4 is 0 Å². The molecule has 2 unspecified atom stereocenters. The van der Waals surface area contributed by atoms with Gasteiger partial charge >= 0.3 is 0 Å². The van der Waals surface area contributed by atoms with Crippen LogP contribution in [0.2, 0.25) is 0 Å². The second kappa shape index (κ2) is 6.35. The molecule has 0 radical (unpaired) electrons. The van der Waals surface area contributed by atoms with Crippen molar-refractivity contribution in [1.82, 2.24) is 9.88 Å². The van der Waals surface area contributed by atoms with Gasteiger partial charge in [0.05, 0.1) is 5.01 Å². The van der Waals surface area contributed by atoms with E-state index in [0.29, 0.717) is 17.7 Å². The second-order valence-electron chi connectivity index (χ2n) is 6.20. The average molecular weight is 292 g/mol. The lowest BCUT2D eigenvalue weighted by Gasteiger charge is -2.41. The number of hydrogen-bond donors (Lipinski definition) is 0. The molecule has 2 aliphatic rings. The summed E-state index contributed by atoms with van der Waals surface area (Å²) < 4.78 is 0. The fourth-order valence-electron chi connectivity index (χ4n) is 3.76. The molecule has 2 fully saturated rings. The summed E-state index contributed by atoms with van der Waals surface area (Å²) in [6.45, 7) is 4.19. The van der Waals surface area contributed by atoms with Crippen molar-refractivity contribution in [3.05, 3.63) is 16.1 Å². The first-order chi connectivity index (χ1) is 9.74. The van der Waals surface area contributed by atoms with E-state index in [1.807, 2.05) is 6.20 Å². The predicted octanol–water partition coefficient (Wildman–Crippen LogP) is 3.57. The maximum atomic E-state index is 12.3. The second-order valence-corrected chi connectivity index (χ2v) is 7.52. The van der Waals surface area contributed by atoms with Crippen molar-refractivity contribution < 1.29 is 4.79 Å². The number of aryl methyl sites for hydroxylation is 1. The lowest BCUT2D eigenvalue weighted by atomic mass is 9.79. The molecule has 4 heteroatoms. The summed E-state index contributed by atoms with van der Waals surface area (Å²) in [7, 11) is 0. The maximum Gasteiger partial charge on any atom is 0.137 e. The Balaban J connectivity index is 1.71. The quantitative estimate of drug-likeness (QED) is 0.854. The van der Waals surface area contributed by atoms with Gasteiger partial charge in [0.2, 0.25) is 0 Å². The molecule has 0 aromatic carbocycles. The van der Waals surface area contributed by atoms with E-state index in [-0.39, 0.29) is 0 Å². The highest BCUT2D eigenvalue weighted by Gasteiger charge is 2.35. The van der Waals surface area contributed by atoms with Crippen LogP contribution in [0.4, 0.5) is 0 Å².